The van der Waals surface area contributed by atoms with E-state index in [-0.39, 0.29) is 19.6 Å². The summed E-state index contributed by atoms with van der Waals surface area (Å²) in [6.07, 6.45) is 37.0. The fraction of sp³-hybridized carbons (Fsp3) is 0.750. The molecule has 1 aliphatic heterocycles. The molecule has 0 aromatic carbocycles. The molecule has 0 radical (unpaired) electrons. The van der Waals surface area contributed by atoms with Gasteiger partial charge in [-0.3, -0.25) is 4.79 Å². The number of hydrogen-bond acceptors (Lipinski definition) is 9. The summed E-state index contributed by atoms with van der Waals surface area (Å²) in [6.45, 7) is 4.32. The Hall–Kier alpha value is -2.11. The van der Waals surface area contributed by atoms with Crippen molar-refractivity contribution in [2.75, 3.05) is 26.4 Å². The van der Waals surface area contributed by atoms with Crippen molar-refractivity contribution in [1.82, 2.24) is 0 Å². The van der Waals surface area contributed by atoms with Crippen LogP contribution in [0.1, 0.15) is 149 Å². The molecule has 6 unspecified atom stereocenters. The summed E-state index contributed by atoms with van der Waals surface area (Å²) in [5.74, 6) is -0.440. The van der Waals surface area contributed by atoms with Gasteiger partial charge in [-0.15, -0.1) is 0 Å². The van der Waals surface area contributed by atoms with Crippen molar-refractivity contribution >= 4 is 5.97 Å². The van der Waals surface area contributed by atoms with Gasteiger partial charge in [0.25, 0.3) is 0 Å². The van der Waals surface area contributed by atoms with Crippen LogP contribution in [0.15, 0.2) is 60.8 Å². The normalized spacial score (nSPS) is 21.7. The molecule has 1 rings (SSSR count). The fourth-order valence-electron chi connectivity index (χ4n) is 5.98. The zero-order chi connectivity index (χ0) is 38.6. The van der Waals surface area contributed by atoms with E-state index in [1.165, 1.54) is 83.5 Å². The first-order chi connectivity index (χ1) is 25.9. The fourth-order valence-corrected chi connectivity index (χ4v) is 5.98. The first-order valence-electron chi connectivity index (χ1n) is 20.9. The van der Waals surface area contributed by atoms with Gasteiger partial charge in [0.15, 0.2) is 6.29 Å². The topological polar surface area (TPSA) is 135 Å². The first kappa shape index (κ1) is 48.9. The van der Waals surface area contributed by atoms with Crippen LogP contribution in [0.4, 0.5) is 0 Å². The van der Waals surface area contributed by atoms with Crippen LogP contribution in [-0.2, 0) is 23.7 Å². The molecular weight excluding hydrogens is 672 g/mol. The molecule has 1 aliphatic rings. The Kier molecular flexibility index (Phi) is 32.8. The van der Waals surface area contributed by atoms with Crippen LogP contribution < -0.4 is 0 Å². The number of esters is 1. The molecule has 9 heteroatoms. The third kappa shape index (κ3) is 27.2. The second-order valence-electron chi connectivity index (χ2n) is 14.1. The lowest BCUT2D eigenvalue weighted by Gasteiger charge is -2.39. The van der Waals surface area contributed by atoms with Gasteiger partial charge in [0.05, 0.1) is 26.2 Å². The van der Waals surface area contributed by atoms with Gasteiger partial charge in [-0.1, -0.05) is 164 Å². The molecule has 0 aromatic heterocycles. The average Bonchev–Trinajstić information content (AvgIpc) is 3.16. The summed E-state index contributed by atoms with van der Waals surface area (Å²) >= 11 is 0. The minimum Gasteiger partial charge on any atom is -0.457 e. The van der Waals surface area contributed by atoms with Gasteiger partial charge in [-0.2, -0.15) is 0 Å². The Morgan fingerprint density at radius 3 is 1.57 bits per heavy atom. The molecular formula is C44H76O9. The van der Waals surface area contributed by atoms with Crippen LogP contribution in [0, 0.1) is 0 Å². The van der Waals surface area contributed by atoms with Gasteiger partial charge in [0.2, 0.25) is 0 Å². The van der Waals surface area contributed by atoms with Crippen molar-refractivity contribution in [2.45, 2.75) is 185 Å². The van der Waals surface area contributed by atoms with Crippen molar-refractivity contribution in [2.24, 2.45) is 0 Å². The minimum atomic E-state index is -1.55. The average molecular weight is 749 g/mol. The number of hydrogen-bond donors (Lipinski definition) is 4. The molecule has 4 N–H and O–H groups in total. The molecule has 0 amide bonds. The van der Waals surface area contributed by atoms with E-state index >= 15 is 0 Å². The van der Waals surface area contributed by atoms with Crippen LogP contribution in [0.3, 0.4) is 0 Å². The van der Waals surface area contributed by atoms with Gasteiger partial charge in [0.1, 0.15) is 30.5 Å². The lowest BCUT2D eigenvalue weighted by Crippen LogP contribution is -2.59. The number of unbranched alkanes of at least 4 members (excludes halogenated alkanes) is 14. The van der Waals surface area contributed by atoms with E-state index in [0.29, 0.717) is 13.0 Å². The maximum absolute atomic E-state index is 12.7. The highest BCUT2D eigenvalue weighted by atomic mass is 16.7. The summed E-state index contributed by atoms with van der Waals surface area (Å²) < 4.78 is 22.6. The maximum atomic E-state index is 12.7. The number of ether oxygens (including phenoxy) is 4. The van der Waals surface area contributed by atoms with E-state index in [9.17, 15) is 25.2 Å². The molecule has 9 nitrogen and oxygen atoms in total. The van der Waals surface area contributed by atoms with Crippen molar-refractivity contribution in [1.29, 1.82) is 0 Å². The quantitative estimate of drug-likeness (QED) is 0.0290. The van der Waals surface area contributed by atoms with Gasteiger partial charge in [-0.25, -0.2) is 0 Å². The summed E-state index contributed by atoms with van der Waals surface area (Å²) in [5, 5.41) is 40.0. The summed E-state index contributed by atoms with van der Waals surface area (Å²) in [7, 11) is 0. The van der Waals surface area contributed by atoms with Gasteiger partial charge in [0, 0.05) is 6.61 Å². The van der Waals surface area contributed by atoms with Crippen molar-refractivity contribution < 1.29 is 44.2 Å². The molecule has 6 atom stereocenters. The van der Waals surface area contributed by atoms with Crippen LogP contribution in [0.25, 0.3) is 0 Å². The minimum absolute atomic E-state index is 0.0864. The largest absolute Gasteiger partial charge is 0.457 e. The van der Waals surface area contributed by atoms with E-state index in [0.717, 1.165) is 38.5 Å². The number of rotatable bonds is 34. The van der Waals surface area contributed by atoms with Crippen LogP contribution in [0.5, 0.6) is 0 Å². The zero-order valence-corrected chi connectivity index (χ0v) is 33.2. The molecule has 0 bridgehead atoms. The monoisotopic (exact) mass is 749 g/mol. The number of allylic oxidation sites excluding steroid dienone is 9. The number of aliphatic hydroxyl groups is 4. The summed E-state index contributed by atoms with van der Waals surface area (Å²) in [6, 6.07) is 0. The Morgan fingerprint density at radius 2 is 1.08 bits per heavy atom. The second kappa shape index (κ2) is 35.6. The Labute approximate surface area is 322 Å². The smallest absolute Gasteiger partial charge is 0.310 e. The van der Waals surface area contributed by atoms with E-state index in [1.54, 1.807) is 6.08 Å². The standard InChI is InChI=1S/C44H76O9/c1-3-5-7-9-11-13-15-17-19-21-23-25-27-29-31-33-40(46)52-38(37-51-44-43(49)42(48)41(47)39(35-45)53-44)36-50-34-32-30-28-26-24-22-20-18-16-14-12-10-8-6-4-2/h5,7,11,13,17,19,23,25,29,31,38-39,41-45,47-49H,3-4,6,8-10,12,14-16,18,20-22,24,26-28,30,32-37H2,1-2H3/b7-5-,13-11-,19-17-,25-23-,31-29-. The molecule has 0 aliphatic carbocycles. The molecule has 1 saturated heterocycles. The highest BCUT2D eigenvalue weighted by Crippen LogP contribution is 2.22. The Bertz CT molecular complexity index is 989. The van der Waals surface area contributed by atoms with Crippen LogP contribution >= 0.6 is 0 Å². The van der Waals surface area contributed by atoms with E-state index in [2.05, 4.69) is 62.5 Å². The van der Waals surface area contributed by atoms with E-state index in [1.807, 2.05) is 6.08 Å². The van der Waals surface area contributed by atoms with Gasteiger partial charge < -0.3 is 39.4 Å². The van der Waals surface area contributed by atoms with Crippen molar-refractivity contribution in [3.8, 4) is 0 Å². The van der Waals surface area contributed by atoms with Crippen LogP contribution in [-0.4, -0.2) is 89.6 Å². The van der Waals surface area contributed by atoms with E-state index in [4.69, 9.17) is 18.9 Å². The summed E-state index contributed by atoms with van der Waals surface area (Å²) in [5.41, 5.74) is 0. The molecule has 53 heavy (non-hydrogen) atoms. The van der Waals surface area contributed by atoms with Gasteiger partial charge >= 0.3 is 5.97 Å². The second-order valence-corrected chi connectivity index (χ2v) is 14.1. The highest BCUT2D eigenvalue weighted by Gasteiger charge is 2.44. The third-order valence-electron chi connectivity index (χ3n) is 9.23. The van der Waals surface area contributed by atoms with Gasteiger partial charge in [-0.05, 0) is 38.5 Å². The predicted octanol–water partition coefficient (Wildman–Crippen LogP) is 8.74. The Balaban J connectivity index is 2.36. The zero-order valence-electron chi connectivity index (χ0n) is 33.2. The number of carbonyl (C=O) groups is 1. The summed E-state index contributed by atoms with van der Waals surface area (Å²) in [4.78, 5) is 12.7. The molecule has 1 heterocycles. The Morgan fingerprint density at radius 1 is 0.604 bits per heavy atom. The lowest BCUT2D eigenvalue weighted by molar-refractivity contribution is -0.305. The SMILES string of the molecule is CC/C=C\C/C=C\C/C=C\C/C=C\C/C=C\CC(=O)OC(COCCCCCCCCCCCCCCCCC)COC1OC(CO)C(O)C(O)C1O. The molecule has 0 aromatic rings. The molecule has 306 valence electrons. The van der Waals surface area contributed by atoms with E-state index < -0.39 is 49.4 Å². The highest BCUT2D eigenvalue weighted by molar-refractivity contribution is 5.71. The first-order valence-corrected chi connectivity index (χ1v) is 20.9. The number of carbonyl (C=O) groups excluding carboxylic acids is 1. The van der Waals surface area contributed by atoms with Crippen LogP contribution in [0.2, 0.25) is 0 Å². The predicted molar refractivity (Wildman–Crippen MR) is 214 cm³/mol. The third-order valence-corrected chi connectivity index (χ3v) is 9.23. The molecule has 0 spiro atoms. The van der Waals surface area contributed by atoms with Crippen molar-refractivity contribution in [3.63, 3.8) is 0 Å². The lowest BCUT2D eigenvalue weighted by atomic mass is 9.99. The maximum Gasteiger partial charge on any atom is 0.310 e. The molecule has 0 saturated carbocycles. The number of aliphatic hydroxyl groups excluding tert-OH is 4. The van der Waals surface area contributed by atoms with Crippen molar-refractivity contribution in [3.05, 3.63) is 60.8 Å². The molecule has 1 fully saturated rings.